The number of aromatic amines is 1. The third-order valence-corrected chi connectivity index (χ3v) is 6.74. The van der Waals surface area contributed by atoms with Gasteiger partial charge >= 0.3 is 0 Å². The fourth-order valence-corrected chi connectivity index (χ4v) is 4.95. The molecule has 2 N–H and O–H groups in total. The van der Waals surface area contributed by atoms with Crippen LogP contribution in [-0.2, 0) is 11.2 Å². The topological polar surface area (TPSA) is 60.5 Å². The quantitative estimate of drug-likeness (QED) is 0.539. The average molecular weight is 439 g/mol. The van der Waals surface area contributed by atoms with Gasteiger partial charge < -0.3 is 15.2 Å². The highest BCUT2D eigenvalue weighted by atomic mass is 16.2. The molecule has 0 radical (unpaired) electrons. The van der Waals surface area contributed by atoms with Crippen molar-refractivity contribution >= 4 is 28.2 Å². The zero-order valence-electron chi connectivity index (χ0n) is 19.2. The molecular weight excluding hydrogens is 408 g/mol. The predicted octanol–water partition coefficient (Wildman–Crippen LogP) is 5.11. The second-order valence-electron chi connectivity index (χ2n) is 8.60. The van der Waals surface area contributed by atoms with Gasteiger partial charge in [0.2, 0.25) is 0 Å². The van der Waals surface area contributed by atoms with Crippen LogP contribution in [0.3, 0.4) is 0 Å². The Kier molecular flexibility index (Phi) is 5.97. The molecule has 0 bridgehead atoms. The van der Waals surface area contributed by atoms with E-state index in [2.05, 4.69) is 65.0 Å². The van der Waals surface area contributed by atoms with E-state index >= 15 is 0 Å². The Balaban J connectivity index is 1.38. The lowest BCUT2D eigenvalue weighted by Gasteiger charge is -2.33. The first-order chi connectivity index (χ1) is 16.2. The number of carbonyl (C=O) groups excluding carboxylic acids is 1. The van der Waals surface area contributed by atoms with Crippen molar-refractivity contribution in [3.8, 4) is 0 Å². The average Bonchev–Trinajstić information content (AvgIpc) is 3.27. The molecule has 1 amide bonds. The summed E-state index contributed by atoms with van der Waals surface area (Å²) >= 11 is 0. The Labute approximate surface area is 194 Å². The minimum atomic E-state index is 0.0695. The Bertz CT molecular complexity index is 1260. The number of benzene rings is 2. The van der Waals surface area contributed by atoms with E-state index < -0.39 is 0 Å². The molecule has 2 aliphatic rings. The molecule has 2 heterocycles. The second kappa shape index (κ2) is 9.20. The van der Waals surface area contributed by atoms with Crippen LogP contribution >= 0.6 is 0 Å². The highest BCUT2D eigenvalue weighted by molar-refractivity contribution is 6.10. The molecule has 5 rings (SSSR count). The molecule has 1 aromatic heterocycles. The zero-order chi connectivity index (χ0) is 22.8. The molecule has 0 fully saturated rings. The van der Waals surface area contributed by atoms with Crippen molar-refractivity contribution < 1.29 is 4.79 Å². The monoisotopic (exact) mass is 438 g/mol. The largest absolute Gasteiger partial charge is 0.361 e. The number of rotatable bonds is 7. The maximum atomic E-state index is 12.9. The minimum Gasteiger partial charge on any atom is -0.361 e. The van der Waals surface area contributed by atoms with E-state index in [1.807, 2.05) is 37.0 Å². The van der Waals surface area contributed by atoms with E-state index in [0.717, 1.165) is 24.4 Å². The van der Waals surface area contributed by atoms with Gasteiger partial charge in [0.05, 0.1) is 11.4 Å². The van der Waals surface area contributed by atoms with Crippen LogP contribution in [0.15, 0.2) is 83.5 Å². The molecule has 5 nitrogen and oxygen atoms in total. The van der Waals surface area contributed by atoms with Gasteiger partial charge in [0.25, 0.3) is 5.91 Å². The number of fused-ring (bicyclic) bond motifs is 3. The van der Waals surface area contributed by atoms with E-state index in [0.29, 0.717) is 18.7 Å². The number of carbonyl (C=O) groups is 1. The van der Waals surface area contributed by atoms with Crippen LogP contribution in [0.2, 0.25) is 0 Å². The zero-order valence-corrected chi connectivity index (χ0v) is 19.2. The fourth-order valence-electron chi connectivity index (χ4n) is 4.95. The molecule has 2 unspecified atom stereocenters. The second-order valence-corrected chi connectivity index (χ2v) is 8.60. The summed E-state index contributed by atoms with van der Waals surface area (Å²) in [5, 5.41) is 5.08. The van der Waals surface area contributed by atoms with Crippen LogP contribution < -0.4 is 5.32 Å². The molecule has 3 aromatic rings. The molecule has 33 heavy (non-hydrogen) atoms. The Morgan fingerprint density at radius 3 is 2.73 bits per heavy atom. The van der Waals surface area contributed by atoms with Crippen LogP contribution in [0.1, 0.15) is 31.0 Å². The van der Waals surface area contributed by atoms with Gasteiger partial charge in [-0.15, -0.1) is 0 Å². The van der Waals surface area contributed by atoms with Crippen molar-refractivity contribution in [1.29, 1.82) is 0 Å². The van der Waals surface area contributed by atoms with Crippen molar-refractivity contribution in [2.24, 2.45) is 10.9 Å². The number of nitrogens with zero attached hydrogens (tertiary/aromatic N) is 2. The van der Waals surface area contributed by atoms with Crippen LogP contribution in [0.4, 0.5) is 5.69 Å². The third-order valence-electron chi connectivity index (χ3n) is 6.74. The number of allylic oxidation sites excluding steroid dienone is 1. The number of aromatic nitrogens is 1. The minimum absolute atomic E-state index is 0.0695. The molecule has 1 aliphatic carbocycles. The van der Waals surface area contributed by atoms with Gasteiger partial charge in [0.1, 0.15) is 0 Å². The summed E-state index contributed by atoms with van der Waals surface area (Å²) in [5.74, 6) is 0.177. The van der Waals surface area contributed by atoms with Crippen molar-refractivity contribution in [3.63, 3.8) is 0 Å². The Hall–Kier alpha value is -3.44. The summed E-state index contributed by atoms with van der Waals surface area (Å²) in [6.07, 6.45) is 9.16. The summed E-state index contributed by atoms with van der Waals surface area (Å²) in [7, 11) is 0. The Morgan fingerprint density at radius 1 is 1.09 bits per heavy atom. The van der Waals surface area contributed by atoms with Crippen LogP contribution in [0.25, 0.3) is 10.9 Å². The molecule has 0 saturated heterocycles. The number of nitrogens with one attached hydrogen (secondary N) is 2. The summed E-state index contributed by atoms with van der Waals surface area (Å²) in [6, 6.07) is 16.9. The summed E-state index contributed by atoms with van der Waals surface area (Å²) in [5.41, 5.74) is 6.36. The van der Waals surface area contributed by atoms with Crippen LogP contribution in [0.5, 0.6) is 0 Å². The van der Waals surface area contributed by atoms with E-state index in [9.17, 15) is 4.79 Å². The molecular formula is C28H30N4O. The van der Waals surface area contributed by atoms with Gasteiger partial charge in [-0.05, 0) is 56.1 Å². The molecule has 0 saturated carbocycles. The van der Waals surface area contributed by atoms with Crippen molar-refractivity contribution in [2.45, 2.75) is 26.3 Å². The number of aliphatic imine (C=N–C) groups is 1. The number of hydrogen-bond donors (Lipinski definition) is 2. The standard InChI is InChI=1S/C28H30N4O/c1-3-32(4-2)28(33)19-13-14-23-26(17-19)31-25-12-8-6-10-22(25)27(23)29-16-15-20-18-30-24-11-7-5-9-21(20)24/h5-14,17-18,23,27,29-30H,3-4,15-16H2,1-2H3. The van der Waals surface area contributed by atoms with Crippen LogP contribution in [0, 0.1) is 5.92 Å². The van der Waals surface area contributed by atoms with Gasteiger partial charge in [-0.3, -0.25) is 9.79 Å². The summed E-state index contributed by atoms with van der Waals surface area (Å²) < 4.78 is 0. The van der Waals surface area contributed by atoms with Crippen LogP contribution in [-0.4, -0.2) is 41.1 Å². The number of amides is 1. The Morgan fingerprint density at radius 2 is 1.88 bits per heavy atom. The molecule has 2 atom stereocenters. The number of hydrogen-bond acceptors (Lipinski definition) is 3. The van der Waals surface area contributed by atoms with E-state index in [4.69, 9.17) is 4.99 Å². The van der Waals surface area contributed by atoms with Gasteiger partial charge in [0, 0.05) is 47.7 Å². The summed E-state index contributed by atoms with van der Waals surface area (Å²) in [4.78, 5) is 23.1. The van der Waals surface area contributed by atoms with Gasteiger partial charge in [-0.1, -0.05) is 48.6 Å². The molecule has 1 aliphatic heterocycles. The van der Waals surface area contributed by atoms with E-state index in [1.165, 1.54) is 22.0 Å². The van der Waals surface area contributed by atoms with Gasteiger partial charge in [0.15, 0.2) is 0 Å². The number of likely N-dealkylation sites (N-methyl/N-ethyl adjacent to an activating group) is 1. The maximum absolute atomic E-state index is 12.9. The lowest BCUT2D eigenvalue weighted by molar-refractivity contribution is -0.126. The lowest BCUT2D eigenvalue weighted by Crippen LogP contribution is -2.37. The first kappa shape index (κ1) is 21.4. The van der Waals surface area contributed by atoms with Gasteiger partial charge in [-0.2, -0.15) is 0 Å². The molecule has 5 heteroatoms. The normalized spacial score (nSPS) is 19.0. The first-order valence-electron chi connectivity index (χ1n) is 11.8. The smallest absolute Gasteiger partial charge is 0.253 e. The molecule has 0 spiro atoms. The lowest BCUT2D eigenvalue weighted by atomic mass is 9.81. The van der Waals surface area contributed by atoms with Crippen molar-refractivity contribution in [2.75, 3.05) is 19.6 Å². The first-order valence-corrected chi connectivity index (χ1v) is 11.8. The predicted molar refractivity (Wildman–Crippen MR) is 135 cm³/mol. The van der Waals surface area contributed by atoms with E-state index in [1.54, 1.807) is 0 Å². The summed E-state index contributed by atoms with van der Waals surface area (Å²) in [6.45, 7) is 6.29. The van der Waals surface area contributed by atoms with Crippen molar-refractivity contribution in [3.05, 3.63) is 89.7 Å². The molecule has 168 valence electrons. The maximum Gasteiger partial charge on any atom is 0.253 e. The highest BCUT2D eigenvalue weighted by Crippen LogP contribution is 2.39. The SMILES string of the molecule is CCN(CC)C(=O)C1=CC2=Nc3ccccc3C(NCCc3c[nH]c4ccccc34)C2C=C1. The number of H-pyrrole nitrogens is 1. The fraction of sp³-hybridized carbons (Fsp3) is 0.286. The molecule has 2 aromatic carbocycles. The van der Waals surface area contributed by atoms with Gasteiger partial charge in [-0.25, -0.2) is 0 Å². The van der Waals surface area contributed by atoms with E-state index in [-0.39, 0.29) is 17.9 Å². The number of para-hydroxylation sites is 2. The van der Waals surface area contributed by atoms with Crippen molar-refractivity contribution in [1.82, 2.24) is 15.2 Å². The third kappa shape index (κ3) is 4.05. The highest BCUT2D eigenvalue weighted by Gasteiger charge is 2.33.